The molecule has 4 heteroatoms. The van der Waals surface area contributed by atoms with Crippen LogP contribution in [0.25, 0.3) is 0 Å². The molecule has 1 heterocycles. The van der Waals surface area contributed by atoms with E-state index in [1.54, 1.807) is 0 Å². The van der Waals surface area contributed by atoms with Gasteiger partial charge in [-0.1, -0.05) is 64.7 Å². The number of hydrogen-bond donors (Lipinski definition) is 2. The average molecular weight is 282 g/mol. The minimum Gasteiger partial charge on any atom is -0.305 e. The molecule has 1 rings (SSSR count). The largest absolute Gasteiger partial charge is 0.305 e. The summed E-state index contributed by atoms with van der Waals surface area (Å²) in [6, 6.07) is -0.291. The van der Waals surface area contributed by atoms with Crippen LogP contribution in [0.5, 0.6) is 0 Å². The fourth-order valence-electron chi connectivity index (χ4n) is 2.61. The summed E-state index contributed by atoms with van der Waals surface area (Å²) in [6.07, 6.45) is 13.4. The molecule has 0 spiro atoms. The molecule has 0 bridgehead atoms. The van der Waals surface area contributed by atoms with Crippen LogP contribution in [-0.4, -0.2) is 24.4 Å². The number of rotatable bonds is 12. The second kappa shape index (κ2) is 10.8. The van der Waals surface area contributed by atoms with E-state index in [0.29, 0.717) is 6.42 Å². The molecule has 1 unspecified atom stereocenters. The Bertz CT molecular complexity index is 292. The van der Waals surface area contributed by atoms with Crippen LogP contribution < -0.4 is 10.6 Å². The predicted molar refractivity (Wildman–Crippen MR) is 81.4 cm³/mol. The van der Waals surface area contributed by atoms with Crippen molar-refractivity contribution < 1.29 is 9.59 Å². The number of unbranched alkanes of at least 4 members (excludes halogenated alkanes) is 9. The number of nitrogens with one attached hydrogen (secondary N) is 2. The molecule has 1 atom stereocenters. The van der Waals surface area contributed by atoms with Gasteiger partial charge in [-0.25, -0.2) is 0 Å². The molecule has 0 aromatic heterocycles. The van der Waals surface area contributed by atoms with E-state index in [4.69, 9.17) is 0 Å². The summed E-state index contributed by atoms with van der Waals surface area (Å²) in [5, 5.41) is 5.47. The molecule has 0 radical (unpaired) electrons. The minimum atomic E-state index is -0.291. The van der Waals surface area contributed by atoms with Gasteiger partial charge in [0.2, 0.25) is 11.8 Å². The second-order valence-corrected chi connectivity index (χ2v) is 5.81. The van der Waals surface area contributed by atoms with Crippen molar-refractivity contribution in [2.75, 3.05) is 6.54 Å². The van der Waals surface area contributed by atoms with Crippen molar-refractivity contribution in [2.45, 2.75) is 83.6 Å². The molecule has 2 N–H and O–H groups in total. The number of amides is 2. The lowest BCUT2D eigenvalue weighted by Gasteiger charge is -2.08. The Kier molecular flexibility index (Phi) is 9.29. The molecular formula is C16H30N2O2. The Labute approximate surface area is 123 Å². The number of carbonyl (C=O) groups is 2. The van der Waals surface area contributed by atoms with Gasteiger partial charge in [0.05, 0.1) is 12.5 Å². The highest BCUT2D eigenvalue weighted by molar-refractivity contribution is 6.05. The van der Waals surface area contributed by atoms with E-state index < -0.39 is 0 Å². The first-order valence-electron chi connectivity index (χ1n) is 8.31. The van der Waals surface area contributed by atoms with E-state index in [1.807, 2.05) is 0 Å². The average Bonchev–Trinajstić information content (AvgIpc) is 2.74. The normalized spacial score (nSPS) is 18.6. The monoisotopic (exact) mass is 282 g/mol. The van der Waals surface area contributed by atoms with E-state index in [1.165, 1.54) is 57.8 Å². The Morgan fingerprint density at radius 2 is 1.50 bits per heavy atom. The van der Waals surface area contributed by atoms with Gasteiger partial charge in [0.1, 0.15) is 0 Å². The third-order valence-corrected chi connectivity index (χ3v) is 3.89. The summed E-state index contributed by atoms with van der Waals surface area (Å²) in [5.74, 6) is -0.322. The van der Waals surface area contributed by atoms with Crippen LogP contribution in [0, 0.1) is 0 Å². The number of imide groups is 1. The van der Waals surface area contributed by atoms with Gasteiger partial charge in [0.15, 0.2) is 0 Å². The molecule has 1 saturated heterocycles. The van der Waals surface area contributed by atoms with Crippen LogP contribution in [0.1, 0.15) is 77.6 Å². The SMILES string of the molecule is CCCCCCCCCCCCNC1CC(=O)NC1=O. The number of hydrogen-bond acceptors (Lipinski definition) is 3. The summed E-state index contributed by atoms with van der Waals surface area (Å²) >= 11 is 0. The van der Waals surface area contributed by atoms with E-state index in [-0.39, 0.29) is 17.9 Å². The van der Waals surface area contributed by atoms with Gasteiger partial charge >= 0.3 is 0 Å². The van der Waals surface area contributed by atoms with Gasteiger partial charge in [-0.3, -0.25) is 14.9 Å². The van der Waals surface area contributed by atoms with E-state index >= 15 is 0 Å². The first-order chi connectivity index (χ1) is 9.74. The molecule has 0 aliphatic carbocycles. The van der Waals surface area contributed by atoms with Crippen molar-refractivity contribution in [3.05, 3.63) is 0 Å². The Morgan fingerprint density at radius 1 is 0.950 bits per heavy atom. The fraction of sp³-hybridized carbons (Fsp3) is 0.875. The molecule has 4 nitrogen and oxygen atoms in total. The lowest BCUT2D eigenvalue weighted by Crippen LogP contribution is -2.36. The Balaban J connectivity index is 1.81. The maximum Gasteiger partial charge on any atom is 0.244 e. The van der Waals surface area contributed by atoms with Crippen molar-refractivity contribution in [1.29, 1.82) is 0 Å². The first kappa shape index (κ1) is 17.2. The summed E-state index contributed by atoms with van der Waals surface area (Å²) < 4.78 is 0. The van der Waals surface area contributed by atoms with Crippen LogP contribution in [-0.2, 0) is 9.59 Å². The highest BCUT2D eigenvalue weighted by Gasteiger charge is 2.29. The maximum absolute atomic E-state index is 11.3. The highest BCUT2D eigenvalue weighted by Crippen LogP contribution is 2.10. The van der Waals surface area contributed by atoms with Crippen molar-refractivity contribution in [3.8, 4) is 0 Å². The zero-order valence-corrected chi connectivity index (χ0v) is 12.9. The lowest BCUT2D eigenvalue weighted by molar-refractivity contribution is -0.125. The topological polar surface area (TPSA) is 58.2 Å². The predicted octanol–water partition coefficient (Wildman–Crippen LogP) is 2.91. The Hall–Kier alpha value is -0.900. The molecule has 1 aliphatic rings. The third-order valence-electron chi connectivity index (χ3n) is 3.89. The summed E-state index contributed by atoms with van der Waals surface area (Å²) in [4.78, 5) is 22.3. The second-order valence-electron chi connectivity index (χ2n) is 5.81. The fourth-order valence-corrected chi connectivity index (χ4v) is 2.61. The smallest absolute Gasteiger partial charge is 0.244 e. The maximum atomic E-state index is 11.3. The van der Waals surface area contributed by atoms with Crippen LogP contribution >= 0.6 is 0 Å². The minimum absolute atomic E-state index is 0.157. The molecule has 0 aromatic carbocycles. The van der Waals surface area contributed by atoms with E-state index in [0.717, 1.165) is 13.0 Å². The first-order valence-corrected chi connectivity index (χ1v) is 8.31. The van der Waals surface area contributed by atoms with Gasteiger partial charge in [-0.15, -0.1) is 0 Å². The van der Waals surface area contributed by atoms with Gasteiger partial charge < -0.3 is 5.32 Å². The zero-order valence-electron chi connectivity index (χ0n) is 12.9. The van der Waals surface area contributed by atoms with Crippen molar-refractivity contribution in [3.63, 3.8) is 0 Å². The molecule has 1 fully saturated rings. The standard InChI is InChI=1S/C16H30N2O2/c1-2-3-4-5-6-7-8-9-10-11-12-17-14-13-15(19)18-16(14)20/h14,17H,2-13H2,1H3,(H,18,19,20). The molecule has 2 amide bonds. The highest BCUT2D eigenvalue weighted by atomic mass is 16.2. The summed E-state index contributed by atoms with van der Waals surface area (Å²) in [7, 11) is 0. The van der Waals surface area contributed by atoms with Crippen LogP contribution in [0.3, 0.4) is 0 Å². The van der Waals surface area contributed by atoms with Crippen molar-refractivity contribution in [2.24, 2.45) is 0 Å². The van der Waals surface area contributed by atoms with Gasteiger partial charge in [0, 0.05) is 0 Å². The van der Waals surface area contributed by atoms with E-state index in [2.05, 4.69) is 17.6 Å². The van der Waals surface area contributed by atoms with Crippen molar-refractivity contribution in [1.82, 2.24) is 10.6 Å². The molecule has 1 aliphatic heterocycles. The van der Waals surface area contributed by atoms with Gasteiger partial charge in [-0.05, 0) is 13.0 Å². The molecule has 116 valence electrons. The van der Waals surface area contributed by atoms with Gasteiger partial charge in [-0.2, -0.15) is 0 Å². The molecule has 0 saturated carbocycles. The number of carbonyl (C=O) groups excluding carboxylic acids is 2. The quantitative estimate of drug-likeness (QED) is 0.427. The van der Waals surface area contributed by atoms with Crippen molar-refractivity contribution >= 4 is 11.8 Å². The lowest BCUT2D eigenvalue weighted by atomic mass is 10.1. The third kappa shape index (κ3) is 7.63. The van der Waals surface area contributed by atoms with E-state index in [9.17, 15) is 9.59 Å². The van der Waals surface area contributed by atoms with Crippen LogP contribution in [0.2, 0.25) is 0 Å². The van der Waals surface area contributed by atoms with Crippen LogP contribution in [0.15, 0.2) is 0 Å². The summed E-state index contributed by atoms with van der Waals surface area (Å²) in [6.45, 7) is 3.08. The molecule has 0 aromatic rings. The summed E-state index contributed by atoms with van der Waals surface area (Å²) in [5.41, 5.74) is 0. The Morgan fingerprint density at radius 3 is 2.00 bits per heavy atom. The van der Waals surface area contributed by atoms with Crippen LogP contribution in [0.4, 0.5) is 0 Å². The van der Waals surface area contributed by atoms with Gasteiger partial charge in [0.25, 0.3) is 0 Å². The zero-order chi connectivity index (χ0) is 14.6. The molecular weight excluding hydrogens is 252 g/mol. The molecule has 20 heavy (non-hydrogen) atoms.